The molecule has 0 saturated carbocycles. The molecule has 0 unspecified atom stereocenters. The second kappa shape index (κ2) is 5.57. The predicted molar refractivity (Wildman–Crippen MR) is 76.3 cm³/mol. The standard InChI is InChI=1S/C12H11IN2O4/c13-8-5-7(17)1-2-9(8)14-10-6-11(18)15(3-4-16)12(10)19/h1-2,5-6,14,16-17H,3-4H2. The minimum atomic E-state index is -0.470. The molecule has 2 rings (SSSR count). The van der Waals surface area contributed by atoms with E-state index in [-0.39, 0.29) is 24.6 Å². The Bertz CT molecular complexity index is 571. The third-order valence-corrected chi connectivity index (χ3v) is 3.45. The van der Waals surface area contributed by atoms with Crippen molar-refractivity contribution in [2.45, 2.75) is 0 Å². The fraction of sp³-hybridized carbons (Fsp3) is 0.167. The first-order chi connectivity index (χ1) is 9.02. The van der Waals surface area contributed by atoms with Gasteiger partial charge in [-0.3, -0.25) is 14.5 Å². The summed E-state index contributed by atoms with van der Waals surface area (Å²) in [7, 11) is 0. The number of anilines is 1. The lowest BCUT2D eigenvalue weighted by atomic mass is 10.3. The number of aliphatic hydroxyl groups is 1. The Labute approximate surface area is 122 Å². The number of phenolic OH excluding ortho intramolecular Hbond substituents is 1. The lowest BCUT2D eigenvalue weighted by molar-refractivity contribution is -0.137. The third-order valence-electron chi connectivity index (χ3n) is 2.56. The van der Waals surface area contributed by atoms with E-state index in [0.29, 0.717) is 5.69 Å². The number of nitrogens with one attached hydrogen (secondary N) is 1. The molecular formula is C12H11IN2O4. The van der Waals surface area contributed by atoms with Crippen LogP contribution in [0.4, 0.5) is 5.69 Å². The first kappa shape index (κ1) is 13.8. The van der Waals surface area contributed by atoms with E-state index in [1.807, 2.05) is 22.6 Å². The van der Waals surface area contributed by atoms with Crippen LogP contribution in [-0.4, -0.2) is 40.1 Å². The van der Waals surface area contributed by atoms with E-state index in [1.165, 1.54) is 18.2 Å². The van der Waals surface area contributed by atoms with Crippen molar-refractivity contribution in [3.8, 4) is 5.75 Å². The van der Waals surface area contributed by atoms with Gasteiger partial charge in [0.1, 0.15) is 11.4 Å². The van der Waals surface area contributed by atoms with Gasteiger partial charge in [0.15, 0.2) is 0 Å². The van der Waals surface area contributed by atoms with Crippen molar-refractivity contribution in [2.24, 2.45) is 0 Å². The van der Waals surface area contributed by atoms with Gasteiger partial charge >= 0.3 is 0 Å². The number of aromatic hydroxyl groups is 1. The monoisotopic (exact) mass is 374 g/mol. The van der Waals surface area contributed by atoms with E-state index in [1.54, 1.807) is 6.07 Å². The average Bonchev–Trinajstić information content (AvgIpc) is 2.61. The average molecular weight is 374 g/mol. The van der Waals surface area contributed by atoms with Crippen molar-refractivity contribution in [1.29, 1.82) is 0 Å². The highest BCUT2D eigenvalue weighted by Crippen LogP contribution is 2.25. The minimum Gasteiger partial charge on any atom is -0.508 e. The van der Waals surface area contributed by atoms with Gasteiger partial charge in [-0.2, -0.15) is 0 Å². The summed E-state index contributed by atoms with van der Waals surface area (Å²) in [6.07, 6.45) is 1.20. The number of benzene rings is 1. The smallest absolute Gasteiger partial charge is 0.277 e. The SMILES string of the molecule is O=C1C=C(Nc2ccc(O)cc2I)C(=O)N1CCO. The number of nitrogens with zero attached hydrogens (tertiary/aromatic N) is 1. The molecule has 0 aliphatic carbocycles. The fourth-order valence-electron chi connectivity index (χ4n) is 1.66. The van der Waals surface area contributed by atoms with E-state index in [0.717, 1.165) is 8.47 Å². The van der Waals surface area contributed by atoms with Gasteiger partial charge in [0.2, 0.25) is 0 Å². The van der Waals surface area contributed by atoms with Gasteiger partial charge in [-0.25, -0.2) is 0 Å². The summed E-state index contributed by atoms with van der Waals surface area (Å²) in [5.74, 6) is -0.794. The van der Waals surface area contributed by atoms with Gasteiger partial charge in [0, 0.05) is 9.65 Å². The first-order valence-electron chi connectivity index (χ1n) is 5.47. The highest BCUT2D eigenvalue weighted by atomic mass is 127. The van der Waals surface area contributed by atoms with Gasteiger partial charge in [-0.05, 0) is 40.8 Å². The summed E-state index contributed by atoms with van der Waals surface area (Å²) < 4.78 is 0.722. The number of carbonyl (C=O) groups excluding carboxylic acids is 2. The van der Waals surface area contributed by atoms with E-state index >= 15 is 0 Å². The second-order valence-corrected chi connectivity index (χ2v) is 5.03. The molecule has 1 aliphatic heterocycles. The third kappa shape index (κ3) is 2.87. The molecule has 0 radical (unpaired) electrons. The largest absolute Gasteiger partial charge is 0.508 e. The molecule has 19 heavy (non-hydrogen) atoms. The van der Waals surface area contributed by atoms with Crippen molar-refractivity contribution in [1.82, 2.24) is 4.90 Å². The molecule has 2 amide bonds. The van der Waals surface area contributed by atoms with Crippen molar-refractivity contribution >= 4 is 40.1 Å². The maximum Gasteiger partial charge on any atom is 0.277 e. The van der Waals surface area contributed by atoms with Crippen LogP contribution in [0.25, 0.3) is 0 Å². The van der Waals surface area contributed by atoms with Gasteiger partial charge < -0.3 is 15.5 Å². The number of aliphatic hydroxyl groups excluding tert-OH is 1. The van der Waals surface area contributed by atoms with Crippen molar-refractivity contribution in [2.75, 3.05) is 18.5 Å². The Morgan fingerprint density at radius 1 is 1.32 bits per heavy atom. The summed E-state index contributed by atoms with van der Waals surface area (Å²) in [5, 5.41) is 20.9. The van der Waals surface area contributed by atoms with Crippen LogP contribution in [0.1, 0.15) is 0 Å². The number of β-amino-alcohol motifs (C(OH)–C–C–N with tert-alkyl or cyclic N) is 1. The zero-order chi connectivity index (χ0) is 14.0. The van der Waals surface area contributed by atoms with Crippen LogP contribution in [0, 0.1) is 3.57 Å². The van der Waals surface area contributed by atoms with Crippen LogP contribution in [-0.2, 0) is 9.59 Å². The lowest BCUT2D eigenvalue weighted by Crippen LogP contribution is -2.34. The first-order valence-corrected chi connectivity index (χ1v) is 6.54. The number of imide groups is 1. The van der Waals surface area contributed by atoms with E-state index in [2.05, 4.69) is 5.32 Å². The Balaban J connectivity index is 2.18. The summed E-state index contributed by atoms with van der Waals surface area (Å²) in [6.45, 7) is -0.290. The van der Waals surface area contributed by atoms with E-state index in [4.69, 9.17) is 5.11 Å². The fourth-order valence-corrected chi connectivity index (χ4v) is 2.29. The Morgan fingerprint density at radius 3 is 2.68 bits per heavy atom. The number of hydrogen-bond donors (Lipinski definition) is 3. The molecule has 0 bridgehead atoms. The van der Waals surface area contributed by atoms with Gasteiger partial charge in [0.05, 0.1) is 18.8 Å². The molecule has 0 atom stereocenters. The quantitative estimate of drug-likeness (QED) is 0.409. The second-order valence-electron chi connectivity index (χ2n) is 3.87. The normalized spacial score (nSPS) is 14.8. The maximum absolute atomic E-state index is 11.9. The number of amides is 2. The zero-order valence-corrected chi connectivity index (χ0v) is 11.9. The van der Waals surface area contributed by atoms with Crippen LogP contribution in [0.15, 0.2) is 30.0 Å². The molecule has 6 nitrogen and oxygen atoms in total. The Hall–Kier alpha value is -1.61. The van der Waals surface area contributed by atoms with Gasteiger partial charge in [-0.15, -0.1) is 0 Å². The molecule has 0 aromatic heterocycles. The highest BCUT2D eigenvalue weighted by molar-refractivity contribution is 14.1. The van der Waals surface area contributed by atoms with Crippen LogP contribution in [0.2, 0.25) is 0 Å². The molecule has 0 spiro atoms. The number of halogens is 1. The number of carbonyl (C=O) groups is 2. The van der Waals surface area contributed by atoms with Crippen LogP contribution in [0.3, 0.4) is 0 Å². The lowest BCUT2D eigenvalue weighted by Gasteiger charge is -2.14. The van der Waals surface area contributed by atoms with E-state index in [9.17, 15) is 14.7 Å². The van der Waals surface area contributed by atoms with Crippen molar-refractivity contribution < 1.29 is 19.8 Å². The molecule has 1 aromatic rings. The Kier molecular flexibility index (Phi) is 4.05. The molecular weight excluding hydrogens is 363 g/mol. The van der Waals surface area contributed by atoms with E-state index < -0.39 is 11.8 Å². The summed E-state index contributed by atoms with van der Waals surface area (Å²) in [5.41, 5.74) is 0.777. The molecule has 1 heterocycles. The zero-order valence-electron chi connectivity index (χ0n) is 9.76. The van der Waals surface area contributed by atoms with Crippen molar-refractivity contribution in [3.63, 3.8) is 0 Å². The molecule has 100 valence electrons. The minimum absolute atomic E-state index is 0.0218. The highest BCUT2D eigenvalue weighted by Gasteiger charge is 2.30. The maximum atomic E-state index is 11.9. The summed E-state index contributed by atoms with van der Waals surface area (Å²) >= 11 is 2.01. The number of phenols is 1. The predicted octanol–water partition coefficient (Wildman–Crippen LogP) is 0.654. The van der Waals surface area contributed by atoms with Gasteiger partial charge in [-0.1, -0.05) is 0 Å². The number of rotatable bonds is 4. The topological polar surface area (TPSA) is 89.9 Å². The molecule has 1 aliphatic rings. The summed E-state index contributed by atoms with van der Waals surface area (Å²) in [6, 6.07) is 4.64. The number of hydrogen-bond acceptors (Lipinski definition) is 5. The van der Waals surface area contributed by atoms with Crippen molar-refractivity contribution in [3.05, 3.63) is 33.5 Å². The molecule has 1 aromatic carbocycles. The molecule has 7 heteroatoms. The molecule has 0 saturated heterocycles. The summed E-state index contributed by atoms with van der Waals surface area (Å²) in [4.78, 5) is 24.4. The molecule has 3 N–H and O–H groups in total. The van der Waals surface area contributed by atoms with Crippen LogP contribution >= 0.6 is 22.6 Å². The Morgan fingerprint density at radius 2 is 2.05 bits per heavy atom. The van der Waals surface area contributed by atoms with Crippen LogP contribution < -0.4 is 5.32 Å². The molecule has 0 fully saturated rings. The van der Waals surface area contributed by atoms with Crippen LogP contribution in [0.5, 0.6) is 5.75 Å². The van der Waals surface area contributed by atoms with Gasteiger partial charge in [0.25, 0.3) is 11.8 Å².